The van der Waals surface area contributed by atoms with Crippen LogP contribution in [-0.4, -0.2) is 30.5 Å². The van der Waals surface area contributed by atoms with Gasteiger partial charge in [0.2, 0.25) is 0 Å². The molecule has 0 heterocycles. The van der Waals surface area contributed by atoms with Crippen molar-refractivity contribution in [3.8, 4) is 0 Å². The van der Waals surface area contributed by atoms with Crippen molar-refractivity contribution in [2.24, 2.45) is 0 Å². The van der Waals surface area contributed by atoms with Gasteiger partial charge in [-0.3, -0.25) is 4.79 Å². The number of thioether (sulfide) groups is 1. The molecule has 0 aliphatic rings. The molecule has 0 bridgehead atoms. The zero-order chi connectivity index (χ0) is 12.0. The Kier molecular flexibility index (Phi) is 5.88. The number of carbonyl (C=O) groups is 1. The summed E-state index contributed by atoms with van der Waals surface area (Å²) in [4.78, 5) is 12.0. The standard InChI is InChI=1S/C12H15ClO2S/c1-9(16-7-6-15-2)12(14)10-4-3-5-11(13)8-10/h3-5,8-9H,6-7H2,1-2H3. The van der Waals surface area contributed by atoms with Gasteiger partial charge in [-0.25, -0.2) is 0 Å². The fourth-order valence-electron chi connectivity index (χ4n) is 1.26. The summed E-state index contributed by atoms with van der Waals surface area (Å²) in [5.74, 6) is 0.938. The van der Waals surface area contributed by atoms with Gasteiger partial charge >= 0.3 is 0 Å². The van der Waals surface area contributed by atoms with E-state index in [2.05, 4.69) is 0 Å². The number of hydrogen-bond donors (Lipinski definition) is 0. The first kappa shape index (κ1) is 13.6. The summed E-state index contributed by atoms with van der Waals surface area (Å²) in [6.45, 7) is 2.57. The van der Waals surface area contributed by atoms with Gasteiger partial charge in [-0.15, -0.1) is 11.8 Å². The molecule has 2 nitrogen and oxygen atoms in total. The normalized spacial score (nSPS) is 12.4. The summed E-state index contributed by atoms with van der Waals surface area (Å²) in [5.41, 5.74) is 0.671. The maximum absolute atomic E-state index is 12.0. The van der Waals surface area contributed by atoms with Gasteiger partial charge in [0.25, 0.3) is 0 Å². The SMILES string of the molecule is COCCSC(C)C(=O)c1cccc(Cl)c1. The summed E-state index contributed by atoms with van der Waals surface area (Å²) in [6, 6.07) is 7.06. The lowest BCUT2D eigenvalue weighted by Crippen LogP contribution is -2.14. The van der Waals surface area contributed by atoms with E-state index in [0.29, 0.717) is 17.2 Å². The van der Waals surface area contributed by atoms with E-state index in [9.17, 15) is 4.79 Å². The molecule has 1 aromatic rings. The van der Waals surface area contributed by atoms with Crippen LogP contribution in [0.2, 0.25) is 5.02 Å². The molecule has 0 aliphatic heterocycles. The molecule has 1 rings (SSSR count). The minimum Gasteiger partial charge on any atom is -0.384 e. The average Bonchev–Trinajstić information content (AvgIpc) is 2.28. The minimum atomic E-state index is -0.0615. The molecule has 0 fully saturated rings. The van der Waals surface area contributed by atoms with Crippen molar-refractivity contribution in [1.29, 1.82) is 0 Å². The molecule has 0 saturated carbocycles. The second-order valence-electron chi connectivity index (χ2n) is 3.38. The number of Topliss-reactive ketones (excluding diaryl/α,β-unsaturated/α-hetero) is 1. The van der Waals surface area contributed by atoms with Crippen molar-refractivity contribution < 1.29 is 9.53 Å². The molecule has 4 heteroatoms. The number of ketones is 1. The van der Waals surface area contributed by atoms with Gasteiger partial charge < -0.3 is 4.74 Å². The highest BCUT2D eigenvalue weighted by Gasteiger charge is 2.15. The lowest BCUT2D eigenvalue weighted by Gasteiger charge is -2.09. The second-order valence-corrected chi connectivity index (χ2v) is 5.27. The molecule has 1 atom stereocenters. The predicted octanol–water partition coefficient (Wildman–Crippen LogP) is 3.29. The predicted molar refractivity (Wildman–Crippen MR) is 69.6 cm³/mol. The number of rotatable bonds is 6. The van der Waals surface area contributed by atoms with Crippen molar-refractivity contribution in [3.05, 3.63) is 34.9 Å². The Labute approximate surface area is 105 Å². The molecule has 0 radical (unpaired) electrons. The van der Waals surface area contributed by atoms with Crippen molar-refractivity contribution in [3.63, 3.8) is 0 Å². The van der Waals surface area contributed by atoms with Crippen LogP contribution < -0.4 is 0 Å². The molecule has 16 heavy (non-hydrogen) atoms. The third kappa shape index (κ3) is 4.16. The van der Waals surface area contributed by atoms with Crippen LogP contribution in [-0.2, 0) is 4.74 Å². The Hall–Kier alpha value is -0.510. The number of halogens is 1. The van der Waals surface area contributed by atoms with Gasteiger partial charge in [-0.2, -0.15) is 0 Å². The zero-order valence-corrected chi connectivity index (χ0v) is 11.0. The molecule has 0 spiro atoms. The Bertz CT molecular complexity index is 355. The second kappa shape index (κ2) is 6.94. The Balaban J connectivity index is 2.56. The maximum atomic E-state index is 12.0. The first-order valence-corrected chi connectivity index (χ1v) is 6.48. The van der Waals surface area contributed by atoms with Gasteiger partial charge in [0, 0.05) is 23.4 Å². The maximum Gasteiger partial charge on any atom is 0.175 e. The van der Waals surface area contributed by atoms with E-state index in [1.54, 1.807) is 43.1 Å². The van der Waals surface area contributed by atoms with Crippen LogP contribution in [0.1, 0.15) is 17.3 Å². The fraction of sp³-hybridized carbons (Fsp3) is 0.417. The van der Waals surface area contributed by atoms with Crippen molar-refractivity contribution in [2.75, 3.05) is 19.5 Å². The van der Waals surface area contributed by atoms with Crippen LogP contribution in [0.15, 0.2) is 24.3 Å². The van der Waals surface area contributed by atoms with Crippen LogP contribution in [0.4, 0.5) is 0 Å². The quantitative estimate of drug-likeness (QED) is 0.579. The first-order chi connectivity index (χ1) is 7.65. The summed E-state index contributed by atoms with van der Waals surface area (Å²) in [6.07, 6.45) is 0. The molecule has 0 N–H and O–H groups in total. The molecule has 0 saturated heterocycles. The van der Waals surface area contributed by atoms with Crippen molar-refractivity contribution in [1.82, 2.24) is 0 Å². The zero-order valence-electron chi connectivity index (χ0n) is 9.40. The summed E-state index contributed by atoms with van der Waals surface area (Å²) >= 11 is 7.43. The molecule has 1 unspecified atom stereocenters. The summed E-state index contributed by atoms with van der Waals surface area (Å²) in [7, 11) is 1.66. The van der Waals surface area contributed by atoms with Gasteiger partial charge in [-0.1, -0.05) is 23.7 Å². The molecule has 88 valence electrons. The molecular formula is C12H15ClO2S. The number of methoxy groups -OCH3 is 1. The van der Waals surface area contributed by atoms with Crippen LogP contribution in [0.3, 0.4) is 0 Å². The number of carbonyl (C=O) groups excluding carboxylic acids is 1. The third-order valence-electron chi connectivity index (χ3n) is 2.13. The van der Waals surface area contributed by atoms with Crippen LogP contribution in [0.25, 0.3) is 0 Å². The van der Waals surface area contributed by atoms with E-state index in [1.807, 2.05) is 6.92 Å². The summed E-state index contributed by atoms with van der Waals surface area (Å²) < 4.78 is 4.94. The lowest BCUT2D eigenvalue weighted by atomic mass is 10.1. The third-order valence-corrected chi connectivity index (χ3v) is 3.49. The van der Waals surface area contributed by atoms with Gasteiger partial charge in [0.05, 0.1) is 11.9 Å². The molecule has 0 aromatic heterocycles. The molecular weight excluding hydrogens is 244 g/mol. The fourth-order valence-corrected chi connectivity index (χ4v) is 2.35. The lowest BCUT2D eigenvalue weighted by molar-refractivity contribution is 0.0994. The Morgan fingerprint density at radius 1 is 1.56 bits per heavy atom. The Morgan fingerprint density at radius 2 is 2.31 bits per heavy atom. The number of hydrogen-bond acceptors (Lipinski definition) is 3. The Morgan fingerprint density at radius 3 is 2.94 bits per heavy atom. The van der Waals surface area contributed by atoms with E-state index in [-0.39, 0.29) is 11.0 Å². The highest BCUT2D eigenvalue weighted by atomic mass is 35.5. The van der Waals surface area contributed by atoms with Crippen LogP contribution in [0, 0.1) is 0 Å². The minimum absolute atomic E-state index is 0.0615. The number of benzene rings is 1. The van der Waals surface area contributed by atoms with Crippen molar-refractivity contribution >= 4 is 29.1 Å². The van der Waals surface area contributed by atoms with Gasteiger partial charge in [0.15, 0.2) is 5.78 Å². The molecule has 1 aromatic carbocycles. The number of ether oxygens (including phenoxy) is 1. The van der Waals surface area contributed by atoms with E-state index in [1.165, 1.54) is 0 Å². The van der Waals surface area contributed by atoms with E-state index in [0.717, 1.165) is 5.75 Å². The van der Waals surface area contributed by atoms with Gasteiger partial charge in [-0.05, 0) is 19.1 Å². The molecule has 0 amide bonds. The topological polar surface area (TPSA) is 26.3 Å². The molecule has 0 aliphatic carbocycles. The smallest absolute Gasteiger partial charge is 0.175 e. The van der Waals surface area contributed by atoms with E-state index < -0.39 is 0 Å². The van der Waals surface area contributed by atoms with Crippen LogP contribution >= 0.6 is 23.4 Å². The average molecular weight is 259 g/mol. The highest BCUT2D eigenvalue weighted by Crippen LogP contribution is 2.18. The van der Waals surface area contributed by atoms with Crippen LogP contribution in [0.5, 0.6) is 0 Å². The summed E-state index contributed by atoms with van der Waals surface area (Å²) in [5, 5.41) is 0.536. The monoisotopic (exact) mass is 258 g/mol. The van der Waals surface area contributed by atoms with E-state index in [4.69, 9.17) is 16.3 Å². The van der Waals surface area contributed by atoms with Crippen molar-refractivity contribution in [2.45, 2.75) is 12.2 Å². The van der Waals surface area contributed by atoms with E-state index >= 15 is 0 Å². The first-order valence-electron chi connectivity index (χ1n) is 5.05. The van der Waals surface area contributed by atoms with Gasteiger partial charge in [0.1, 0.15) is 0 Å². The largest absolute Gasteiger partial charge is 0.384 e. The highest BCUT2D eigenvalue weighted by molar-refractivity contribution is 8.00.